The molecule has 31 heavy (non-hydrogen) atoms. The lowest BCUT2D eigenvalue weighted by atomic mass is 9.77. The molecule has 2 aliphatic rings. The van der Waals surface area contributed by atoms with Crippen LogP contribution in [0.15, 0.2) is 64.6 Å². The molecule has 0 saturated heterocycles. The molecule has 5 rings (SSSR count). The van der Waals surface area contributed by atoms with E-state index in [1.165, 1.54) is 11.3 Å². The Balaban J connectivity index is 1.63. The van der Waals surface area contributed by atoms with Gasteiger partial charge in [0.2, 0.25) is 0 Å². The third-order valence-corrected chi connectivity index (χ3v) is 6.48. The molecule has 0 spiro atoms. The van der Waals surface area contributed by atoms with Gasteiger partial charge in [0.05, 0.1) is 5.56 Å². The van der Waals surface area contributed by atoms with E-state index < -0.39 is 0 Å². The van der Waals surface area contributed by atoms with Crippen LogP contribution in [-0.4, -0.2) is 24.1 Å². The Hall–Kier alpha value is -3.05. The van der Waals surface area contributed by atoms with Crippen LogP contribution in [0.4, 0.5) is 11.5 Å². The summed E-state index contributed by atoms with van der Waals surface area (Å²) in [6.07, 6.45) is 4.26. The quantitative estimate of drug-likeness (QED) is 0.570. The average Bonchev–Trinajstić information content (AvgIpc) is 2.78. The maximum atomic E-state index is 13.4. The maximum absolute atomic E-state index is 13.4. The number of hydrogen-bond donors (Lipinski definition) is 2. The molecule has 0 radical (unpaired) electrons. The van der Waals surface area contributed by atoms with Crippen LogP contribution in [-0.2, 0) is 0 Å². The lowest BCUT2D eigenvalue weighted by Gasteiger charge is -2.33. The van der Waals surface area contributed by atoms with Gasteiger partial charge in [-0.3, -0.25) is 4.79 Å². The zero-order valence-electron chi connectivity index (χ0n) is 17.7. The lowest BCUT2D eigenvalue weighted by Crippen LogP contribution is -2.29. The monoisotopic (exact) mass is 432 g/mol. The molecule has 0 amide bonds. The Morgan fingerprint density at radius 3 is 2.42 bits per heavy atom. The van der Waals surface area contributed by atoms with E-state index in [4.69, 9.17) is 16.6 Å². The Kier molecular flexibility index (Phi) is 5.06. The van der Waals surface area contributed by atoms with Crippen molar-refractivity contribution in [1.82, 2.24) is 9.97 Å². The molecule has 1 aromatic heterocycles. The van der Waals surface area contributed by atoms with Crippen molar-refractivity contribution in [2.75, 3.05) is 24.3 Å². The third kappa shape index (κ3) is 3.63. The van der Waals surface area contributed by atoms with Crippen LogP contribution < -0.4 is 15.8 Å². The van der Waals surface area contributed by atoms with Crippen molar-refractivity contribution in [1.29, 1.82) is 0 Å². The highest BCUT2D eigenvalue weighted by atomic mass is 35.5. The third-order valence-electron chi connectivity index (χ3n) is 6.23. The molecule has 0 fully saturated rings. The van der Waals surface area contributed by atoms with Crippen LogP contribution in [0.3, 0.4) is 0 Å². The van der Waals surface area contributed by atoms with Crippen molar-refractivity contribution in [3.05, 3.63) is 86.3 Å². The van der Waals surface area contributed by atoms with Crippen LogP contribution in [0.1, 0.15) is 42.7 Å². The van der Waals surface area contributed by atoms with Gasteiger partial charge in [0.25, 0.3) is 5.56 Å². The highest BCUT2D eigenvalue weighted by Gasteiger charge is 2.34. The average molecular weight is 433 g/mol. The Bertz CT molecular complexity index is 1210. The van der Waals surface area contributed by atoms with Crippen LogP contribution in [0.5, 0.6) is 0 Å². The number of benzene rings is 2. The molecule has 2 heterocycles. The van der Waals surface area contributed by atoms with Gasteiger partial charge in [0, 0.05) is 42.0 Å². The lowest BCUT2D eigenvalue weighted by molar-refractivity contribution is 0.631. The zero-order valence-corrected chi connectivity index (χ0v) is 18.5. The van der Waals surface area contributed by atoms with E-state index in [2.05, 4.69) is 10.3 Å². The second-order valence-corrected chi connectivity index (χ2v) is 8.88. The first-order valence-electron chi connectivity index (χ1n) is 10.7. The molecule has 1 aliphatic carbocycles. The van der Waals surface area contributed by atoms with Crippen LogP contribution in [0, 0.1) is 0 Å². The van der Waals surface area contributed by atoms with E-state index in [9.17, 15) is 4.79 Å². The predicted molar refractivity (Wildman–Crippen MR) is 127 cm³/mol. The number of aromatic amines is 1. The molecular formula is C25H25ClN4O. The van der Waals surface area contributed by atoms with Crippen molar-refractivity contribution >= 4 is 23.1 Å². The molecular weight excluding hydrogens is 408 g/mol. The van der Waals surface area contributed by atoms with Gasteiger partial charge in [-0.1, -0.05) is 23.7 Å². The molecule has 158 valence electrons. The second kappa shape index (κ2) is 7.89. The SMILES string of the molecule is CN(C)c1ccc(-c2nc3c(c(=O)[nH]2)C(c2ccc(Cl)cc2)C2=C(CCCC2)N3)cc1. The number of hydrogen-bond acceptors (Lipinski definition) is 4. The van der Waals surface area contributed by atoms with E-state index in [-0.39, 0.29) is 11.5 Å². The molecule has 1 aliphatic heterocycles. The molecule has 1 atom stereocenters. The van der Waals surface area contributed by atoms with Gasteiger partial charge < -0.3 is 15.2 Å². The summed E-state index contributed by atoms with van der Waals surface area (Å²) < 4.78 is 0. The van der Waals surface area contributed by atoms with E-state index in [1.807, 2.05) is 67.5 Å². The minimum absolute atomic E-state index is 0.0924. The van der Waals surface area contributed by atoms with Gasteiger partial charge in [-0.05, 0) is 73.2 Å². The van der Waals surface area contributed by atoms with Gasteiger partial charge in [0.15, 0.2) is 0 Å². The number of fused-ring (bicyclic) bond motifs is 1. The Labute approximate surface area is 186 Å². The van der Waals surface area contributed by atoms with E-state index in [0.29, 0.717) is 22.2 Å². The number of rotatable bonds is 3. The Morgan fingerprint density at radius 2 is 1.71 bits per heavy atom. The Morgan fingerprint density at radius 1 is 1.00 bits per heavy atom. The van der Waals surface area contributed by atoms with E-state index >= 15 is 0 Å². The van der Waals surface area contributed by atoms with Gasteiger partial charge in [-0.2, -0.15) is 0 Å². The predicted octanol–water partition coefficient (Wildman–Crippen LogP) is 5.54. The van der Waals surface area contributed by atoms with Gasteiger partial charge in [-0.25, -0.2) is 4.98 Å². The molecule has 0 saturated carbocycles. The molecule has 5 nitrogen and oxygen atoms in total. The summed E-state index contributed by atoms with van der Waals surface area (Å²) >= 11 is 6.13. The van der Waals surface area contributed by atoms with E-state index in [1.54, 1.807) is 0 Å². The normalized spacial score (nSPS) is 17.6. The smallest absolute Gasteiger partial charge is 0.257 e. The number of nitrogens with zero attached hydrogens (tertiary/aromatic N) is 2. The number of anilines is 2. The molecule has 3 aromatic rings. The number of allylic oxidation sites excluding steroid dienone is 2. The first-order valence-corrected chi connectivity index (χ1v) is 11.1. The summed E-state index contributed by atoms with van der Waals surface area (Å²) in [5.41, 5.74) is 6.18. The van der Waals surface area contributed by atoms with Crippen molar-refractivity contribution in [3.8, 4) is 11.4 Å². The van der Waals surface area contributed by atoms with E-state index in [0.717, 1.165) is 42.5 Å². The summed E-state index contributed by atoms with van der Waals surface area (Å²) in [6, 6.07) is 15.9. The first kappa shape index (κ1) is 19.9. The van der Waals surface area contributed by atoms with Crippen molar-refractivity contribution in [3.63, 3.8) is 0 Å². The largest absolute Gasteiger partial charge is 0.378 e. The summed E-state index contributed by atoms with van der Waals surface area (Å²) in [7, 11) is 4.01. The molecule has 1 unspecified atom stereocenters. The fourth-order valence-electron chi connectivity index (χ4n) is 4.63. The second-order valence-electron chi connectivity index (χ2n) is 8.44. The van der Waals surface area contributed by atoms with Crippen LogP contribution in [0.25, 0.3) is 11.4 Å². The number of aromatic nitrogens is 2. The number of H-pyrrole nitrogens is 1. The molecule has 6 heteroatoms. The molecule has 2 aromatic carbocycles. The first-order chi connectivity index (χ1) is 15.0. The zero-order chi connectivity index (χ0) is 21.5. The number of halogens is 1. The topological polar surface area (TPSA) is 61.0 Å². The maximum Gasteiger partial charge on any atom is 0.257 e. The summed E-state index contributed by atoms with van der Waals surface area (Å²) in [5, 5.41) is 4.20. The van der Waals surface area contributed by atoms with Gasteiger partial charge in [0.1, 0.15) is 11.6 Å². The van der Waals surface area contributed by atoms with Crippen molar-refractivity contribution in [2.45, 2.75) is 31.6 Å². The molecule has 2 N–H and O–H groups in total. The van der Waals surface area contributed by atoms with Crippen molar-refractivity contribution in [2.24, 2.45) is 0 Å². The summed E-state index contributed by atoms with van der Waals surface area (Å²) in [4.78, 5) is 23.3. The fourth-order valence-corrected chi connectivity index (χ4v) is 4.76. The minimum atomic E-state index is -0.0961. The highest BCUT2D eigenvalue weighted by molar-refractivity contribution is 6.30. The summed E-state index contributed by atoms with van der Waals surface area (Å²) in [5.74, 6) is 1.15. The summed E-state index contributed by atoms with van der Waals surface area (Å²) in [6.45, 7) is 0. The van der Waals surface area contributed by atoms with Crippen LogP contribution in [0.2, 0.25) is 5.02 Å². The fraction of sp³-hybridized carbons (Fsp3) is 0.280. The standard InChI is InChI=1S/C25H25ClN4O/c1-30(2)18-13-9-16(10-14-18)23-28-24-22(25(31)29-23)21(15-7-11-17(26)12-8-15)19-5-3-4-6-20(19)27-24/h7-14,21H,3-6H2,1-2H3,(H2,27,28,29,31). The van der Waals surface area contributed by atoms with Crippen molar-refractivity contribution < 1.29 is 0 Å². The van der Waals surface area contributed by atoms with Crippen LogP contribution >= 0.6 is 11.6 Å². The minimum Gasteiger partial charge on any atom is -0.378 e. The van der Waals surface area contributed by atoms with Gasteiger partial charge in [-0.15, -0.1) is 0 Å². The number of nitrogens with one attached hydrogen (secondary N) is 2. The van der Waals surface area contributed by atoms with Gasteiger partial charge >= 0.3 is 0 Å². The highest BCUT2D eigenvalue weighted by Crippen LogP contribution is 2.44. The molecule has 0 bridgehead atoms.